The summed E-state index contributed by atoms with van der Waals surface area (Å²) in [5, 5.41) is 20.2. The molecule has 0 amide bonds. The molecule has 1 atom stereocenters. The van der Waals surface area contributed by atoms with Gasteiger partial charge in [0, 0.05) is 6.54 Å². The molecule has 20 heavy (non-hydrogen) atoms. The molecule has 1 unspecified atom stereocenters. The maximum Gasteiger partial charge on any atom is 0.416 e. The molecule has 0 aliphatic rings. The zero-order valence-electron chi connectivity index (χ0n) is 10.3. The summed E-state index contributed by atoms with van der Waals surface area (Å²) in [6.45, 7) is -2.57. The Morgan fingerprint density at radius 3 is 2.35 bits per heavy atom. The normalized spacial score (nSPS) is 14.3. The van der Waals surface area contributed by atoms with Crippen molar-refractivity contribution in [3.8, 4) is 0 Å². The Balaban J connectivity index is 2.62. The first-order valence-corrected chi connectivity index (χ1v) is 5.70. The SMILES string of the molecule is OCC(F)(F)CNCC(O)c1cccc(C(F)(F)F)c1. The first-order chi connectivity index (χ1) is 9.15. The van der Waals surface area contributed by atoms with E-state index >= 15 is 0 Å². The van der Waals surface area contributed by atoms with Crippen molar-refractivity contribution in [2.24, 2.45) is 0 Å². The van der Waals surface area contributed by atoms with Crippen LogP contribution in [0.15, 0.2) is 24.3 Å². The summed E-state index contributed by atoms with van der Waals surface area (Å²) < 4.78 is 62.7. The van der Waals surface area contributed by atoms with Crippen molar-refractivity contribution in [1.29, 1.82) is 0 Å². The zero-order chi connectivity index (χ0) is 15.4. The van der Waals surface area contributed by atoms with Gasteiger partial charge in [0.1, 0.15) is 6.61 Å². The van der Waals surface area contributed by atoms with E-state index in [1.165, 1.54) is 6.07 Å². The molecular weight excluding hydrogens is 285 g/mol. The van der Waals surface area contributed by atoms with Crippen LogP contribution in [0.25, 0.3) is 0 Å². The fraction of sp³-hybridized carbons (Fsp3) is 0.500. The lowest BCUT2D eigenvalue weighted by Crippen LogP contribution is -2.37. The van der Waals surface area contributed by atoms with Crippen LogP contribution in [0.4, 0.5) is 22.0 Å². The van der Waals surface area contributed by atoms with Crippen molar-refractivity contribution in [2.75, 3.05) is 19.7 Å². The van der Waals surface area contributed by atoms with Crippen LogP contribution in [0.5, 0.6) is 0 Å². The highest BCUT2D eigenvalue weighted by Crippen LogP contribution is 2.30. The van der Waals surface area contributed by atoms with Gasteiger partial charge in [-0.05, 0) is 17.7 Å². The maximum absolute atomic E-state index is 12.7. The first kappa shape index (κ1) is 16.8. The van der Waals surface area contributed by atoms with Gasteiger partial charge in [-0.15, -0.1) is 0 Å². The molecule has 0 aromatic heterocycles. The molecule has 0 spiro atoms. The third-order valence-electron chi connectivity index (χ3n) is 2.55. The van der Waals surface area contributed by atoms with Gasteiger partial charge in [-0.1, -0.05) is 12.1 Å². The molecule has 0 fully saturated rings. The van der Waals surface area contributed by atoms with Crippen LogP contribution in [0, 0.1) is 0 Å². The van der Waals surface area contributed by atoms with Gasteiger partial charge < -0.3 is 15.5 Å². The zero-order valence-corrected chi connectivity index (χ0v) is 10.3. The van der Waals surface area contributed by atoms with E-state index < -0.39 is 36.9 Å². The summed E-state index contributed by atoms with van der Waals surface area (Å²) in [7, 11) is 0. The third-order valence-corrected chi connectivity index (χ3v) is 2.55. The van der Waals surface area contributed by atoms with Crippen LogP contribution < -0.4 is 5.32 Å². The van der Waals surface area contributed by atoms with E-state index in [1.807, 2.05) is 0 Å². The van der Waals surface area contributed by atoms with Crippen molar-refractivity contribution in [1.82, 2.24) is 5.32 Å². The van der Waals surface area contributed by atoms with Crippen molar-refractivity contribution < 1.29 is 32.2 Å². The number of rotatable bonds is 6. The predicted molar refractivity (Wildman–Crippen MR) is 61.3 cm³/mol. The molecular formula is C12H14F5NO2. The lowest BCUT2D eigenvalue weighted by atomic mass is 10.1. The van der Waals surface area contributed by atoms with E-state index in [2.05, 4.69) is 5.32 Å². The van der Waals surface area contributed by atoms with Gasteiger partial charge in [0.05, 0.1) is 18.2 Å². The summed E-state index contributed by atoms with van der Waals surface area (Å²) in [5.74, 6) is -3.34. The smallest absolute Gasteiger partial charge is 0.390 e. The van der Waals surface area contributed by atoms with Crippen LogP contribution >= 0.6 is 0 Å². The molecule has 0 aliphatic heterocycles. The summed E-state index contributed by atoms with van der Waals surface area (Å²) in [5.41, 5.74) is -0.950. The largest absolute Gasteiger partial charge is 0.416 e. The first-order valence-electron chi connectivity index (χ1n) is 5.70. The van der Waals surface area contributed by atoms with Crippen LogP contribution in [-0.4, -0.2) is 35.8 Å². The molecule has 0 aliphatic carbocycles. The summed E-state index contributed by atoms with van der Waals surface area (Å²) in [6.07, 6.45) is -5.89. The molecule has 0 saturated heterocycles. The molecule has 8 heteroatoms. The molecule has 3 N–H and O–H groups in total. The van der Waals surface area contributed by atoms with E-state index in [1.54, 1.807) is 0 Å². The van der Waals surface area contributed by atoms with Crippen LogP contribution in [-0.2, 0) is 6.18 Å². The van der Waals surface area contributed by atoms with Gasteiger partial charge in [-0.25, -0.2) is 8.78 Å². The molecule has 1 aromatic rings. The Morgan fingerprint density at radius 1 is 1.15 bits per heavy atom. The average molecular weight is 299 g/mol. The third kappa shape index (κ3) is 5.03. The fourth-order valence-corrected chi connectivity index (χ4v) is 1.49. The van der Waals surface area contributed by atoms with Gasteiger partial charge in [-0.3, -0.25) is 0 Å². The number of hydrogen-bond donors (Lipinski definition) is 3. The van der Waals surface area contributed by atoms with Gasteiger partial charge in [0.25, 0.3) is 5.92 Å². The highest BCUT2D eigenvalue weighted by Gasteiger charge is 2.31. The Bertz CT molecular complexity index is 436. The molecule has 114 valence electrons. The quantitative estimate of drug-likeness (QED) is 0.704. The van der Waals surface area contributed by atoms with E-state index in [9.17, 15) is 27.1 Å². The monoisotopic (exact) mass is 299 g/mol. The van der Waals surface area contributed by atoms with E-state index in [0.29, 0.717) is 0 Å². The van der Waals surface area contributed by atoms with E-state index in [4.69, 9.17) is 5.11 Å². The van der Waals surface area contributed by atoms with E-state index in [0.717, 1.165) is 18.2 Å². The number of halogens is 5. The molecule has 1 rings (SSSR count). The number of aliphatic hydroxyl groups excluding tert-OH is 2. The summed E-state index contributed by atoms with van der Waals surface area (Å²) >= 11 is 0. The Hall–Kier alpha value is -1.25. The topological polar surface area (TPSA) is 52.5 Å². The van der Waals surface area contributed by atoms with Crippen LogP contribution in [0.3, 0.4) is 0 Å². The molecule has 1 aromatic carbocycles. The summed E-state index contributed by atoms with van der Waals surface area (Å²) in [4.78, 5) is 0. The van der Waals surface area contributed by atoms with Crippen LogP contribution in [0.2, 0.25) is 0 Å². The van der Waals surface area contributed by atoms with Gasteiger partial charge in [0.15, 0.2) is 0 Å². The molecule has 3 nitrogen and oxygen atoms in total. The second-order valence-electron chi connectivity index (χ2n) is 4.28. The Kier molecular flexibility index (Phi) is 5.43. The Morgan fingerprint density at radius 2 is 1.80 bits per heavy atom. The standard InChI is InChI=1S/C12H14F5NO2/c13-11(14,7-19)6-18-5-10(20)8-2-1-3-9(4-8)12(15,16)17/h1-4,10,18-20H,5-7H2. The molecule has 0 heterocycles. The molecule has 0 bridgehead atoms. The van der Waals surface area contributed by atoms with Crippen molar-refractivity contribution in [2.45, 2.75) is 18.2 Å². The fourth-order valence-electron chi connectivity index (χ4n) is 1.49. The van der Waals surface area contributed by atoms with Crippen molar-refractivity contribution >= 4 is 0 Å². The van der Waals surface area contributed by atoms with Gasteiger partial charge in [-0.2, -0.15) is 13.2 Å². The second kappa shape index (κ2) is 6.47. The second-order valence-corrected chi connectivity index (χ2v) is 4.28. The lowest BCUT2D eigenvalue weighted by Gasteiger charge is -2.17. The van der Waals surface area contributed by atoms with Crippen molar-refractivity contribution in [3.63, 3.8) is 0 Å². The minimum Gasteiger partial charge on any atom is -0.390 e. The average Bonchev–Trinajstić information content (AvgIpc) is 2.37. The Labute approximate surface area is 112 Å². The minimum absolute atomic E-state index is 0.0281. The van der Waals surface area contributed by atoms with E-state index in [-0.39, 0.29) is 12.1 Å². The summed E-state index contributed by atoms with van der Waals surface area (Å²) in [6, 6.07) is 4.01. The number of benzene rings is 1. The predicted octanol–water partition coefficient (Wildman–Crippen LogP) is 1.96. The number of hydrogen-bond acceptors (Lipinski definition) is 3. The number of nitrogens with one attached hydrogen (secondary N) is 1. The highest BCUT2D eigenvalue weighted by molar-refractivity contribution is 5.27. The molecule has 0 saturated carbocycles. The molecule has 0 radical (unpaired) electrons. The highest BCUT2D eigenvalue weighted by atomic mass is 19.4. The van der Waals surface area contributed by atoms with Gasteiger partial charge in [0.2, 0.25) is 0 Å². The maximum atomic E-state index is 12.7. The van der Waals surface area contributed by atoms with Crippen LogP contribution in [0.1, 0.15) is 17.2 Å². The number of alkyl halides is 5. The van der Waals surface area contributed by atoms with Gasteiger partial charge >= 0.3 is 6.18 Å². The number of aliphatic hydroxyl groups is 2. The minimum atomic E-state index is -4.53. The van der Waals surface area contributed by atoms with Crippen molar-refractivity contribution in [3.05, 3.63) is 35.4 Å². The lowest BCUT2D eigenvalue weighted by molar-refractivity contribution is -0.137.